The first-order valence-electron chi connectivity index (χ1n) is 12.9. The largest absolute Gasteiger partial charge is 0.0590 e. The summed E-state index contributed by atoms with van der Waals surface area (Å²) in [4.78, 5) is 0. The Balaban J connectivity index is 1.64. The first kappa shape index (κ1) is 25.0. The van der Waals surface area contributed by atoms with E-state index in [4.69, 9.17) is 0 Å². The summed E-state index contributed by atoms with van der Waals surface area (Å²) >= 11 is 0. The van der Waals surface area contributed by atoms with Crippen molar-refractivity contribution in [3.05, 3.63) is 139 Å². The molecule has 0 radical (unpaired) electrons. The molecule has 0 bridgehead atoms. The molecule has 0 atom stereocenters. The van der Waals surface area contributed by atoms with Crippen LogP contribution in [0.4, 0.5) is 0 Å². The van der Waals surface area contributed by atoms with Crippen molar-refractivity contribution in [1.82, 2.24) is 0 Å². The maximum atomic E-state index is 2.45. The van der Waals surface area contributed by atoms with Gasteiger partial charge in [-0.1, -0.05) is 71.8 Å². The minimum atomic E-state index is 0.974. The summed E-state index contributed by atoms with van der Waals surface area (Å²) in [5.41, 5.74) is 19.6. The van der Waals surface area contributed by atoms with Crippen LogP contribution in [0.25, 0.3) is 0 Å². The van der Waals surface area contributed by atoms with Crippen LogP contribution in [-0.4, -0.2) is 0 Å². The third-order valence-corrected chi connectivity index (χ3v) is 7.84. The fraction of sp³-hybridized carbons (Fsp3) is 0.314. The minimum Gasteiger partial charge on any atom is -0.0590 e. The first-order chi connectivity index (χ1) is 16.6. The van der Waals surface area contributed by atoms with Gasteiger partial charge in [-0.2, -0.15) is 0 Å². The summed E-state index contributed by atoms with van der Waals surface area (Å²) in [5.74, 6) is 0. The zero-order chi connectivity index (χ0) is 25.3. The third-order valence-electron chi connectivity index (χ3n) is 7.84. The van der Waals surface area contributed by atoms with Gasteiger partial charge in [0.1, 0.15) is 0 Å². The van der Waals surface area contributed by atoms with Gasteiger partial charge in [-0.3, -0.25) is 0 Å². The van der Waals surface area contributed by atoms with Gasteiger partial charge in [0.05, 0.1) is 0 Å². The number of hydrogen-bond acceptors (Lipinski definition) is 0. The molecule has 4 rings (SSSR count). The minimum absolute atomic E-state index is 0.974. The zero-order valence-electron chi connectivity index (χ0n) is 22.9. The molecule has 4 aromatic carbocycles. The van der Waals surface area contributed by atoms with Crippen LogP contribution in [0.2, 0.25) is 0 Å². The lowest BCUT2D eigenvalue weighted by Crippen LogP contribution is -2.02. The third kappa shape index (κ3) is 5.76. The first-order valence-corrected chi connectivity index (χ1v) is 12.9. The van der Waals surface area contributed by atoms with Gasteiger partial charge < -0.3 is 0 Å². The van der Waals surface area contributed by atoms with E-state index in [1.807, 2.05) is 0 Å². The summed E-state index contributed by atoms with van der Waals surface area (Å²) in [6.45, 7) is 17.9. The van der Waals surface area contributed by atoms with Crippen molar-refractivity contribution in [3.63, 3.8) is 0 Å². The molecule has 0 unspecified atom stereocenters. The lowest BCUT2D eigenvalue weighted by atomic mass is 9.89. The summed E-state index contributed by atoms with van der Waals surface area (Å²) in [7, 11) is 0. The van der Waals surface area contributed by atoms with Crippen LogP contribution in [0.15, 0.2) is 60.7 Å². The molecule has 0 saturated carbocycles. The summed E-state index contributed by atoms with van der Waals surface area (Å²) in [6, 6.07) is 23.3. The van der Waals surface area contributed by atoms with Crippen LogP contribution < -0.4 is 0 Å². The molecule has 0 nitrogen and oxygen atoms in total. The molecule has 0 aliphatic carbocycles. The Bertz CT molecular complexity index is 1280. The fourth-order valence-corrected chi connectivity index (χ4v) is 5.33. The highest BCUT2D eigenvalue weighted by molar-refractivity contribution is 5.47. The Hall–Kier alpha value is -3.12. The molecule has 0 fully saturated rings. The van der Waals surface area contributed by atoms with E-state index in [-0.39, 0.29) is 0 Å². The Kier molecular flexibility index (Phi) is 7.31. The molecule has 35 heavy (non-hydrogen) atoms. The summed E-state index contributed by atoms with van der Waals surface area (Å²) in [6.07, 6.45) is 2.97. The Morgan fingerprint density at radius 1 is 0.371 bits per heavy atom. The smallest absolute Gasteiger partial charge is 0.00203 e. The van der Waals surface area contributed by atoms with Gasteiger partial charge in [-0.05, 0) is 141 Å². The highest BCUT2D eigenvalue weighted by Gasteiger charge is 2.11. The molecule has 0 aromatic heterocycles. The van der Waals surface area contributed by atoms with Crippen LogP contribution in [0.3, 0.4) is 0 Å². The molecular weight excluding hydrogens is 420 g/mol. The van der Waals surface area contributed by atoms with Crippen molar-refractivity contribution in [2.75, 3.05) is 0 Å². The SMILES string of the molecule is Cc1ccc(Cc2cc(Cc3cc(C)c(C)c(Cc4ccc(C)cc4C)c3)cc(C)c2C)c(C)c1. The van der Waals surface area contributed by atoms with E-state index in [2.05, 4.69) is 116 Å². The molecular formula is C35H40. The van der Waals surface area contributed by atoms with Gasteiger partial charge in [0, 0.05) is 0 Å². The number of aryl methyl sites for hydroxylation is 6. The van der Waals surface area contributed by atoms with Crippen LogP contribution in [0, 0.1) is 55.4 Å². The van der Waals surface area contributed by atoms with Crippen molar-refractivity contribution in [2.45, 2.75) is 74.7 Å². The van der Waals surface area contributed by atoms with Crippen molar-refractivity contribution in [2.24, 2.45) is 0 Å². The summed E-state index contributed by atoms with van der Waals surface area (Å²) in [5, 5.41) is 0. The predicted octanol–water partition coefficient (Wildman–Crippen LogP) is 8.93. The molecule has 180 valence electrons. The second-order valence-electron chi connectivity index (χ2n) is 10.8. The van der Waals surface area contributed by atoms with Gasteiger partial charge in [0.2, 0.25) is 0 Å². The standard InChI is InChI=1S/C35H40/c1-22-9-11-32(26(5)13-22)20-34-18-30(15-24(3)28(34)7)17-31-16-25(4)29(8)35(19-31)21-33-12-10-23(2)14-27(33)6/h9-16,18-19H,17,20-21H2,1-8H3. The van der Waals surface area contributed by atoms with Crippen molar-refractivity contribution in [1.29, 1.82) is 0 Å². The molecule has 0 N–H and O–H groups in total. The van der Waals surface area contributed by atoms with Gasteiger partial charge in [-0.15, -0.1) is 0 Å². The van der Waals surface area contributed by atoms with Crippen LogP contribution >= 0.6 is 0 Å². The predicted molar refractivity (Wildman–Crippen MR) is 152 cm³/mol. The van der Waals surface area contributed by atoms with Gasteiger partial charge in [0.15, 0.2) is 0 Å². The van der Waals surface area contributed by atoms with Crippen molar-refractivity contribution < 1.29 is 0 Å². The molecule has 0 aliphatic heterocycles. The monoisotopic (exact) mass is 460 g/mol. The maximum Gasteiger partial charge on any atom is -0.00203 e. The maximum absolute atomic E-state index is 2.45. The van der Waals surface area contributed by atoms with Crippen LogP contribution in [-0.2, 0) is 19.3 Å². The Labute approximate surface area is 213 Å². The number of benzene rings is 4. The lowest BCUT2D eigenvalue weighted by molar-refractivity contribution is 1.06. The summed E-state index contributed by atoms with van der Waals surface area (Å²) < 4.78 is 0. The fourth-order valence-electron chi connectivity index (χ4n) is 5.33. The lowest BCUT2D eigenvalue weighted by Gasteiger charge is -2.16. The van der Waals surface area contributed by atoms with Crippen molar-refractivity contribution >= 4 is 0 Å². The second-order valence-corrected chi connectivity index (χ2v) is 10.8. The van der Waals surface area contributed by atoms with Crippen LogP contribution in [0.1, 0.15) is 77.9 Å². The molecule has 0 heteroatoms. The van der Waals surface area contributed by atoms with E-state index in [1.165, 1.54) is 77.9 Å². The van der Waals surface area contributed by atoms with Gasteiger partial charge in [-0.25, -0.2) is 0 Å². The molecule has 0 spiro atoms. The molecule has 0 aliphatic rings. The second kappa shape index (κ2) is 10.2. The highest BCUT2D eigenvalue weighted by atomic mass is 14.2. The zero-order valence-corrected chi connectivity index (χ0v) is 22.9. The van der Waals surface area contributed by atoms with Gasteiger partial charge >= 0.3 is 0 Å². The average molecular weight is 461 g/mol. The Morgan fingerprint density at radius 3 is 1.14 bits per heavy atom. The quantitative estimate of drug-likeness (QED) is 0.269. The van der Waals surface area contributed by atoms with E-state index in [1.54, 1.807) is 0 Å². The van der Waals surface area contributed by atoms with E-state index < -0.39 is 0 Å². The van der Waals surface area contributed by atoms with E-state index in [0.717, 1.165) is 19.3 Å². The highest BCUT2D eigenvalue weighted by Crippen LogP contribution is 2.26. The average Bonchev–Trinajstić information content (AvgIpc) is 2.78. The Morgan fingerprint density at radius 2 is 0.771 bits per heavy atom. The molecule has 0 heterocycles. The normalized spacial score (nSPS) is 11.2. The van der Waals surface area contributed by atoms with E-state index >= 15 is 0 Å². The van der Waals surface area contributed by atoms with Crippen molar-refractivity contribution in [3.8, 4) is 0 Å². The van der Waals surface area contributed by atoms with E-state index in [9.17, 15) is 0 Å². The van der Waals surface area contributed by atoms with Crippen LogP contribution in [0.5, 0.6) is 0 Å². The topological polar surface area (TPSA) is 0 Å². The van der Waals surface area contributed by atoms with E-state index in [0.29, 0.717) is 0 Å². The number of hydrogen-bond donors (Lipinski definition) is 0. The molecule has 0 amide bonds. The molecule has 0 saturated heterocycles. The van der Waals surface area contributed by atoms with Gasteiger partial charge in [0.25, 0.3) is 0 Å². The molecule has 4 aromatic rings. The number of rotatable bonds is 6.